The minimum atomic E-state index is -0.0610. The second kappa shape index (κ2) is 5.88. The molecule has 1 aliphatic rings. The van der Waals surface area contributed by atoms with E-state index in [1.54, 1.807) is 13.3 Å². The fourth-order valence-electron chi connectivity index (χ4n) is 2.86. The Bertz CT molecular complexity index is 675. The molecule has 0 spiro atoms. The Balaban J connectivity index is 1.91. The molecule has 0 aliphatic carbocycles. The molecule has 0 saturated carbocycles. The fourth-order valence-corrected chi connectivity index (χ4v) is 2.86. The van der Waals surface area contributed by atoms with E-state index in [9.17, 15) is 4.79 Å². The summed E-state index contributed by atoms with van der Waals surface area (Å²) in [5, 5.41) is 4.30. The lowest BCUT2D eigenvalue weighted by Gasteiger charge is -2.23. The second-order valence-electron chi connectivity index (χ2n) is 5.69. The SMILES string of the molecule is COC1CN(C(=O)c2cc(C)nc(C)c2)Cc2ccnn2C1. The van der Waals surface area contributed by atoms with Gasteiger partial charge in [0.2, 0.25) is 0 Å². The molecule has 0 fully saturated rings. The number of aromatic nitrogens is 3. The van der Waals surface area contributed by atoms with Crippen LogP contribution in [0.3, 0.4) is 0 Å². The van der Waals surface area contributed by atoms with Crippen molar-refractivity contribution in [2.75, 3.05) is 13.7 Å². The molecule has 2 aromatic heterocycles. The van der Waals surface area contributed by atoms with Crippen molar-refractivity contribution in [1.82, 2.24) is 19.7 Å². The first-order chi connectivity index (χ1) is 10.6. The van der Waals surface area contributed by atoms with Gasteiger partial charge in [0, 0.05) is 36.8 Å². The van der Waals surface area contributed by atoms with Gasteiger partial charge in [0.25, 0.3) is 5.91 Å². The molecule has 1 aliphatic heterocycles. The molecule has 0 saturated heterocycles. The van der Waals surface area contributed by atoms with Crippen molar-refractivity contribution < 1.29 is 9.53 Å². The Labute approximate surface area is 129 Å². The lowest BCUT2D eigenvalue weighted by molar-refractivity contribution is 0.0450. The molecule has 0 bridgehead atoms. The van der Waals surface area contributed by atoms with Crippen LogP contribution in [0, 0.1) is 13.8 Å². The standard InChI is InChI=1S/C16H20N4O2/c1-11-6-13(7-12(2)18-11)16(21)19-8-14-4-5-17-20(14)10-15(9-19)22-3/h4-7,15H,8-10H2,1-3H3. The number of carbonyl (C=O) groups is 1. The van der Waals surface area contributed by atoms with Gasteiger partial charge in [0.15, 0.2) is 0 Å². The van der Waals surface area contributed by atoms with Crippen molar-refractivity contribution in [2.45, 2.75) is 33.0 Å². The number of amides is 1. The summed E-state index contributed by atoms with van der Waals surface area (Å²) in [7, 11) is 1.67. The zero-order valence-corrected chi connectivity index (χ0v) is 13.1. The summed E-state index contributed by atoms with van der Waals surface area (Å²) in [6.07, 6.45) is 1.70. The highest BCUT2D eigenvalue weighted by Gasteiger charge is 2.26. The Morgan fingerprint density at radius 2 is 2.00 bits per heavy atom. The van der Waals surface area contributed by atoms with Crippen molar-refractivity contribution in [2.24, 2.45) is 0 Å². The number of hydrogen-bond donors (Lipinski definition) is 0. The molecule has 6 nitrogen and oxygen atoms in total. The topological polar surface area (TPSA) is 60.2 Å². The third kappa shape index (κ3) is 2.87. The van der Waals surface area contributed by atoms with Gasteiger partial charge in [0.05, 0.1) is 24.9 Å². The van der Waals surface area contributed by atoms with Gasteiger partial charge in [-0.05, 0) is 32.0 Å². The molecule has 3 rings (SSSR count). The molecule has 22 heavy (non-hydrogen) atoms. The molecule has 0 N–H and O–H groups in total. The Morgan fingerprint density at radius 1 is 1.27 bits per heavy atom. The smallest absolute Gasteiger partial charge is 0.254 e. The molecule has 116 valence electrons. The average Bonchev–Trinajstić information content (AvgIpc) is 2.83. The molecular formula is C16H20N4O2. The zero-order valence-electron chi connectivity index (χ0n) is 13.1. The van der Waals surface area contributed by atoms with E-state index in [1.807, 2.05) is 41.6 Å². The third-order valence-electron chi connectivity index (χ3n) is 3.91. The molecule has 2 aromatic rings. The van der Waals surface area contributed by atoms with Crippen LogP contribution in [0.25, 0.3) is 0 Å². The maximum absolute atomic E-state index is 12.9. The van der Waals surface area contributed by atoms with E-state index in [1.165, 1.54) is 0 Å². The Morgan fingerprint density at radius 3 is 2.68 bits per heavy atom. The van der Waals surface area contributed by atoms with Crippen LogP contribution in [0.15, 0.2) is 24.4 Å². The number of hydrogen-bond acceptors (Lipinski definition) is 4. The fraction of sp³-hybridized carbons (Fsp3) is 0.438. The second-order valence-corrected chi connectivity index (χ2v) is 5.69. The number of fused-ring (bicyclic) bond motifs is 1. The maximum atomic E-state index is 12.9. The van der Waals surface area contributed by atoms with Crippen LogP contribution < -0.4 is 0 Å². The number of methoxy groups -OCH3 is 1. The van der Waals surface area contributed by atoms with E-state index >= 15 is 0 Å². The van der Waals surface area contributed by atoms with E-state index in [-0.39, 0.29) is 12.0 Å². The molecular weight excluding hydrogens is 280 g/mol. The first-order valence-corrected chi connectivity index (χ1v) is 7.35. The van der Waals surface area contributed by atoms with Gasteiger partial charge in [-0.25, -0.2) is 0 Å². The average molecular weight is 300 g/mol. The normalized spacial score (nSPS) is 18.0. The molecule has 6 heteroatoms. The van der Waals surface area contributed by atoms with E-state index in [2.05, 4.69) is 10.1 Å². The predicted molar refractivity (Wildman–Crippen MR) is 81.5 cm³/mol. The summed E-state index contributed by atoms with van der Waals surface area (Å²) in [6.45, 7) is 5.56. The number of aryl methyl sites for hydroxylation is 2. The minimum absolute atomic E-state index is 0.00491. The summed E-state index contributed by atoms with van der Waals surface area (Å²) in [5.74, 6) is 0.00491. The van der Waals surface area contributed by atoms with Crippen LogP contribution in [0.5, 0.6) is 0 Å². The van der Waals surface area contributed by atoms with Gasteiger partial charge in [-0.2, -0.15) is 5.10 Å². The van der Waals surface area contributed by atoms with Crippen LogP contribution in [-0.2, 0) is 17.8 Å². The predicted octanol–water partition coefficient (Wildman–Crippen LogP) is 1.57. The highest BCUT2D eigenvalue weighted by atomic mass is 16.5. The highest BCUT2D eigenvalue weighted by Crippen LogP contribution is 2.17. The monoisotopic (exact) mass is 300 g/mol. The van der Waals surface area contributed by atoms with Crippen molar-refractivity contribution >= 4 is 5.91 Å². The van der Waals surface area contributed by atoms with Gasteiger partial charge in [-0.1, -0.05) is 0 Å². The van der Waals surface area contributed by atoms with Crippen LogP contribution in [0.4, 0.5) is 0 Å². The van der Waals surface area contributed by atoms with Crippen LogP contribution >= 0.6 is 0 Å². The first-order valence-electron chi connectivity index (χ1n) is 7.35. The summed E-state index contributed by atoms with van der Waals surface area (Å²) in [6, 6.07) is 5.61. The molecule has 0 aromatic carbocycles. The van der Waals surface area contributed by atoms with Gasteiger partial charge in [0.1, 0.15) is 0 Å². The number of pyridine rings is 1. The van der Waals surface area contributed by atoms with Gasteiger partial charge < -0.3 is 9.64 Å². The van der Waals surface area contributed by atoms with Crippen molar-refractivity contribution in [3.63, 3.8) is 0 Å². The highest BCUT2D eigenvalue weighted by molar-refractivity contribution is 5.94. The molecule has 0 radical (unpaired) electrons. The molecule has 1 unspecified atom stereocenters. The number of rotatable bonds is 2. The third-order valence-corrected chi connectivity index (χ3v) is 3.91. The number of nitrogens with zero attached hydrogens (tertiary/aromatic N) is 4. The van der Waals surface area contributed by atoms with Crippen LogP contribution in [0.1, 0.15) is 27.4 Å². The van der Waals surface area contributed by atoms with Crippen LogP contribution in [-0.4, -0.2) is 45.3 Å². The van der Waals surface area contributed by atoms with Crippen molar-refractivity contribution in [1.29, 1.82) is 0 Å². The van der Waals surface area contributed by atoms with E-state index in [4.69, 9.17) is 4.74 Å². The quantitative estimate of drug-likeness (QED) is 0.844. The minimum Gasteiger partial charge on any atom is -0.378 e. The Kier molecular flexibility index (Phi) is 3.94. The van der Waals surface area contributed by atoms with E-state index in [0.717, 1.165) is 17.1 Å². The zero-order chi connectivity index (χ0) is 15.7. The van der Waals surface area contributed by atoms with E-state index in [0.29, 0.717) is 25.2 Å². The molecule has 1 amide bonds. The van der Waals surface area contributed by atoms with Gasteiger partial charge in [-0.3, -0.25) is 14.5 Å². The summed E-state index contributed by atoms with van der Waals surface area (Å²) in [4.78, 5) is 19.0. The molecule has 3 heterocycles. The Hall–Kier alpha value is -2.21. The lowest BCUT2D eigenvalue weighted by atomic mass is 10.1. The number of ether oxygens (including phenoxy) is 1. The van der Waals surface area contributed by atoms with Gasteiger partial charge >= 0.3 is 0 Å². The summed E-state index contributed by atoms with van der Waals surface area (Å²) < 4.78 is 7.40. The van der Waals surface area contributed by atoms with Gasteiger partial charge in [-0.15, -0.1) is 0 Å². The van der Waals surface area contributed by atoms with E-state index < -0.39 is 0 Å². The molecule has 1 atom stereocenters. The maximum Gasteiger partial charge on any atom is 0.254 e. The largest absolute Gasteiger partial charge is 0.378 e. The summed E-state index contributed by atoms with van der Waals surface area (Å²) >= 11 is 0. The number of carbonyl (C=O) groups excluding carboxylic acids is 1. The van der Waals surface area contributed by atoms with Crippen molar-refractivity contribution in [3.05, 3.63) is 47.0 Å². The first kappa shape index (κ1) is 14.7. The lowest BCUT2D eigenvalue weighted by Crippen LogP contribution is -2.37. The van der Waals surface area contributed by atoms with Crippen molar-refractivity contribution in [3.8, 4) is 0 Å². The summed E-state index contributed by atoms with van der Waals surface area (Å²) in [5.41, 5.74) is 3.40. The van der Waals surface area contributed by atoms with Crippen LogP contribution in [0.2, 0.25) is 0 Å².